The van der Waals surface area contributed by atoms with Crippen LogP contribution >= 0.6 is 0 Å². The van der Waals surface area contributed by atoms with E-state index < -0.39 is 4.92 Å². The molecule has 32 heavy (non-hydrogen) atoms. The SMILES string of the molecule is Cc1ccccc1-c1ccc2oc(C3CCCN3C(=O)c3cccc([N+](=O)[O-])c3)nc2c1. The van der Waals surface area contributed by atoms with Crippen LogP contribution in [0.15, 0.2) is 71.1 Å². The number of fused-ring (bicyclic) bond motifs is 1. The molecule has 1 fully saturated rings. The van der Waals surface area contributed by atoms with Gasteiger partial charge in [-0.05, 0) is 54.7 Å². The zero-order valence-corrected chi connectivity index (χ0v) is 17.5. The number of nitrogens with zero attached hydrogens (tertiary/aromatic N) is 3. The molecule has 1 aromatic heterocycles. The zero-order chi connectivity index (χ0) is 22.2. The lowest BCUT2D eigenvalue weighted by atomic mass is 10.0. The van der Waals surface area contributed by atoms with Gasteiger partial charge in [-0.3, -0.25) is 14.9 Å². The highest BCUT2D eigenvalue weighted by Crippen LogP contribution is 2.35. The molecule has 1 aliphatic rings. The highest BCUT2D eigenvalue weighted by Gasteiger charge is 2.34. The van der Waals surface area contributed by atoms with Crippen LogP contribution in [-0.2, 0) is 0 Å². The summed E-state index contributed by atoms with van der Waals surface area (Å²) < 4.78 is 6.04. The van der Waals surface area contributed by atoms with Crippen LogP contribution in [0.2, 0.25) is 0 Å². The predicted molar refractivity (Wildman–Crippen MR) is 120 cm³/mol. The van der Waals surface area contributed by atoms with Gasteiger partial charge in [0.1, 0.15) is 11.6 Å². The maximum Gasteiger partial charge on any atom is 0.270 e. The molecule has 0 N–H and O–H groups in total. The Labute approximate surface area is 184 Å². The lowest BCUT2D eigenvalue weighted by molar-refractivity contribution is -0.384. The first kappa shape index (κ1) is 19.9. The Kier molecular flexibility index (Phi) is 4.93. The molecule has 1 saturated heterocycles. The predicted octanol–water partition coefficient (Wildman–Crippen LogP) is 5.69. The molecule has 0 aliphatic carbocycles. The normalized spacial score (nSPS) is 15.9. The van der Waals surface area contributed by atoms with Crippen molar-refractivity contribution in [2.45, 2.75) is 25.8 Å². The Morgan fingerprint density at radius 2 is 1.97 bits per heavy atom. The molecule has 1 unspecified atom stereocenters. The quantitative estimate of drug-likeness (QED) is 0.308. The monoisotopic (exact) mass is 427 g/mol. The summed E-state index contributed by atoms with van der Waals surface area (Å²) in [5.41, 5.74) is 5.00. The Balaban J connectivity index is 1.46. The van der Waals surface area contributed by atoms with Crippen molar-refractivity contribution in [1.29, 1.82) is 0 Å². The van der Waals surface area contributed by atoms with Gasteiger partial charge in [-0.1, -0.05) is 36.4 Å². The molecule has 0 bridgehead atoms. The molecule has 3 aromatic carbocycles. The fraction of sp³-hybridized carbons (Fsp3) is 0.200. The number of carbonyl (C=O) groups is 1. The van der Waals surface area contributed by atoms with Gasteiger partial charge in [-0.15, -0.1) is 0 Å². The van der Waals surface area contributed by atoms with Crippen molar-refractivity contribution in [2.24, 2.45) is 0 Å². The summed E-state index contributed by atoms with van der Waals surface area (Å²) in [5, 5.41) is 11.1. The van der Waals surface area contributed by atoms with Gasteiger partial charge in [0.05, 0.1) is 4.92 Å². The second-order valence-corrected chi connectivity index (χ2v) is 8.01. The number of benzene rings is 3. The van der Waals surface area contributed by atoms with Gasteiger partial charge in [0.25, 0.3) is 11.6 Å². The number of nitro groups is 1. The Bertz CT molecular complexity index is 1340. The molecule has 0 spiro atoms. The molecule has 0 saturated carbocycles. The molecule has 1 aliphatic heterocycles. The second kappa shape index (κ2) is 7.92. The van der Waals surface area contributed by atoms with E-state index >= 15 is 0 Å². The van der Waals surface area contributed by atoms with E-state index in [1.54, 1.807) is 11.0 Å². The minimum Gasteiger partial charge on any atom is -0.438 e. The van der Waals surface area contributed by atoms with Crippen molar-refractivity contribution in [2.75, 3.05) is 6.54 Å². The first-order chi connectivity index (χ1) is 15.5. The first-order valence-electron chi connectivity index (χ1n) is 10.5. The van der Waals surface area contributed by atoms with E-state index in [2.05, 4.69) is 19.1 Å². The van der Waals surface area contributed by atoms with Gasteiger partial charge in [-0.25, -0.2) is 4.98 Å². The lowest BCUT2D eigenvalue weighted by Gasteiger charge is -2.22. The van der Waals surface area contributed by atoms with Gasteiger partial charge in [0.2, 0.25) is 5.89 Å². The molecule has 2 heterocycles. The minimum atomic E-state index is -0.495. The number of rotatable bonds is 4. The molecule has 1 atom stereocenters. The van der Waals surface area contributed by atoms with Crippen molar-refractivity contribution in [1.82, 2.24) is 9.88 Å². The van der Waals surface area contributed by atoms with Gasteiger partial charge in [-0.2, -0.15) is 0 Å². The van der Waals surface area contributed by atoms with Crippen molar-refractivity contribution in [3.63, 3.8) is 0 Å². The molecule has 7 nitrogen and oxygen atoms in total. The summed E-state index contributed by atoms with van der Waals surface area (Å²) >= 11 is 0. The van der Waals surface area contributed by atoms with E-state index in [0.717, 1.165) is 29.5 Å². The number of hydrogen-bond donors (Lipinski definition) is 0. The summed E-state index contributed by atoms with van der Waals surface area (Å²) in [5.74, 6) is 0.247. The smallest absolute Gasteiger partial charge is 0.270 e. The minimum absolute atomic E-state index is 0.0998. The molecular formula is C25H21N3O4. The molecular weight excluding hydrogens is 406 g/mol. The third kappa shape index (κ3) is 3.51. The third-order valence-electron chi connectivity index (χ3n) is 5.96. The zero-order valence-electron chi connectivity index (χ0n) is 17.5. The van der Waals surface area contributed by atoms with Crippen LogP contribution in [0.4, 0.5) is 5.69 Å². The van der Waals surface area contributed by atoms with E-state index in [1.165, 1.54) is 23.8 Å². The molecule has 1 amide bonds. The van der Waals surface area contributed by atoms with Crippen LogP contribution in [0.3, 0.4) is 0 Å². The number of likely N-dealkylation sites (tertiary alicyclic amines) is 1. The van der Waals surface area contributed by atoms with E-state index in [0.29, 0.717) is 23.6 Å². The number of aryl methyl sites for hydroxylation is 1. The van der Waals surface area contributed by atoms with Gasteiger partial charge >= 0.3 is 0 Å². The average Bonchev–Trinajstić information content (AvgIpc) is 3.45. The van der Waals surface area contributed by atoms with Crippen LogP contribution in [0.5, 0.6) is 0 Å². The first-order valence-corrected chi connectivity index (χ1v) is 10.5. The second-order valence-electron chi connectivity index (χ2n) is 8.01. The molecule has 5 rings (SSSR count). The van der Waals surface area contributed by atoms with Crippen LogP contribution in [0.25, 0.3) is 22.2 Å². The van der Waals surface area contributed by atoms with Crippen LogP contribution in [-0.4, -0.2) is 27.3 Å². The van der Waals surface area contributed by atoms with E-state index in [4.69, 9.17) is 9.40 Å². The summed E-state index contributed by atoms with van der Waals surface area (Å²) in [4.78, 5) is 30.1. The summed E-state index contributed by atoms with van der Waals surface area (Å²) in [6, 6.07) is 19.6. The number of amides is 1. The van der Waals surface area contributed by atoms with E-state index in [1.807, 2.05) is 30.3 Å². The van der Waals surface area contributed by atoms with Gasteiger partial charge in [0, 0.05) is 24.2 Å². The van der Waals surface area contributed by atoms with Crippen molar-refractivity contribution < 1.29 is 14.1 Å². The maximum atomic E-state index is 13.1. The summed E-state index contributed by atoms with van der Waals surface area (Å²) in [6.45, 7) is 2.63. The van der Waals surface area contributed by atoms with Crippen molar-refractivity contribution >= 4 is 22.7 Å². The van der Waals surface area contributed by atoms with Gasteiger partial charge < -0.3 is 9.32 Å². The highest BCUT2D eigenvalue weighted by atomic mass is 16.6. The molecule has 4 aromatic rings. The van der Waals surface area contributed by atoms with Crippen LogP contribution in [0.1, 0.15) is 40.7 Å². The number of oxazole rings is 1. The Morgan fingerprint density at radius 1 is 1.12 bits per heavy atom. The fourth-order valence-corrected chi connectivity index (χ4v) is 4.34. The van der Waals surface area contributed by atoms with Crippen LogP contribution < -0.4 is 0 Å². The van der Waals surface area contributed by atoms with Crippen molar-refractivity contribution in [3.05, 3.63) is 93.9 Å². The van der Waals surface area contributed by atoms with E-state index in [-0.39, 0.29) is 17.6 Å². The van der Waals surface area contributed by atoms with Crippen molar-refractivity contribution in [3.8, 4) is 11.1 Å². The molecule has 7 heteroatoms. The Morgan fingerprint density at radius 3 is 2.78 bits per heavy atom. The number of carbonyl (C=O) groups excluding carboxylic acids is 1. The molecule has 160 valence electrons. The summed E-state index contributed by atoms with van der Waals surface area (Å²) in [7, 11) is 0. The Hall–Kier alpha value is -4.00. The molecule has 0 radical (unpaired) electrons. The topological polar surface area (TPSA) is 89.5 Å². The summed E-state index contributed by atoms with van der Waals surface area (Å²) in [6.07, 6.45) is 1.55. The third-order valence-corrected chi connectivity index (χ3v) is 5.96. The standard InChI is InChI=1S/C25H21N3O4/c1-16-6-2-3-9-20(16)17-11-12-23-21(15-17)26-24(32-23)22-10-5-13-27(22)25(29)18-7-4-8-19(14-18)28(30)31/h2-4,6-9,11-12,14-15,22H,5,10,13H2,1H3. The highest BCUT2D eigenvalue weighted by molar-refractivity contribution is 5.95. The van der Waals surface area contributed by atoms with E-state index in [9.17, 15) is 14.9 Å². The number of non-ortho nitro benzene ring substituents is 1. The van der Waals surface area contributed by atoms with Crippen LogP contribution in [0, 0.1) is 17.0 Å². The number of nitro benzene ring substituents is 1. The fourth-order valence-electron chi connectivity index (χ4n) is 4.34. The number of aromatic nitrogens is 1. The number of hydrogen-bond acceptors (Lipinski definition) is 5. The van der Waals surface area contributed by atoms with Gasteiger partial charge in [0.15, 0.2) is 5.58 Å². The lowest BCUT2D eigenvalue weighted by Crippen LogP contribution is -2.30. The maximum absolute atomic E-state index is 13.1. The largest absolute Gasteiger partial charge is 0.438 e. The average molecular weight is 427 g/mol.